The average molecular weight is 397 g/mol. The average Bonchev–Trinajstić information content (AvgIpc) is 2.75. The SMILES string of the molecule is CCOC(=O)N1CCN(c2ccc(C(=O)N(CC)c3cccc(C)c3)nn2)CC1. The minimum Gasteiger partial charge on any atom is -0.450 e. The first kappa shape index (κ1) is 20.6. The van der Waals surface area contributed by atoms with E-state index in [1.165, 1.54) is 0 Å². The molecule has 1 aliphatic rings. The van der Waals surface area contributed by atoms with Crippen molar-refractivity contribution in [2.75, 3.05) is 49.1 Å². The van der Waals surface area contributed by atoms with Gasteiger partial charge < -0.3 is 19.4 Å². The van der Waals surface area contributed by atoms with Crippen LogP contribution >= 0.6 is 0 Å². The number of nitrogens with zero attached hydrogens (tertiary/aromatic N) is 5. The molecule has 2 heterocycles. The minimum atomic E-state index is -0.282. The number of amides is 2. The summed E-state index contributed by atoms with van der Waals surface area (Å²) in [6.45, 7) is 9.07. The number of aromatic nitrogens is 2. The van der Waals surface area contributed by atoms with E-state index in [1.54, 1.807) is 22.8 Å². The van der Waals surface area contributed by atoms with Crippen LogP contribution in [0.1, 0.15) is 29.9 Å². The number of rotatable bonds is 5. The second-order valence-corrected chi connectivity index (χ2v) is 6.84. The van der Waals surface area contributed by atoms with Crippen molar-refractivity contribution in [2.45, 2.75) is 20.8 Å². The number of hydrogen-bond donors (Lipinski definition) is 0. The third-order valence-corrected chi connectivity index (χ3v) is 4.87. The summed E-state index contributed by atoms with van der Waals surface area (Å²) in [5.41, 5.74) is 2.25. The molecule has 154 valence electrons. The highest BCUT2D eigenvalue weighted by atomic mass is 16.6. The molecule has 1 saturated heterocycles. The molecule has 0 aliphatic carbocycles. The van der Waals surface area contributed by atoms with Gasteiger partial charge in [0.05, 0.1) is 6.61 Å². The Morgan fingerprint density at radius 1 is 1.07 bits per heavy atom. The number of anilines is 2. The van der Waals surface area contributed by atoms with E-state index in [-0.39, 0.29) is 12.0 Å². The molecule has 8 nitrogen and oxygen atoms in total. The van der Waals surface area contributed by atoms with Crippen LogP contribution < -0.4 is 9.80 Å². The van der Waals surface area contributed by atoms with Crippen LogP contribution in [0.5, 0.6) is 0 Å². The van der Waals surface area contributed by atoms with Crippen LogP contribution in [0.3, 0.4) is 0 Å². The smallest absolute Gasteiger partial charge is 0.409 e. The predicted molar refractivity (Wildman–Crippen MR) is 111 cm³/mol. The van der Waals surface area contributed by atoms with Gasteiger partial charge in [-0.1, -0.05) is 12.1 Å². The van der Waals surface area contributed by atoms with E-state index in [4.69, 9.17) is 4.74 Å². The van der Waals surface area contributed by atoms with E-state index in [9.17, 15) is 9.59 Å². The lowest BCUT2D eigenvalue weighted by Crippen LogP contribution is -2.49. The van der Waals surface area contributed by atoms with Crippen molar-refractivity contribution in [2.24, 2.45) is 0 Å². The van der Waals surface area contributed by atoms with Crippen molar-refractivity contribution in [1.82, 2.24) is 15.1 Å². The van der Waals surface area contributed by atoms with E-state index in [1.807, 2.05) is 44.2 Å². The number of piperazine rings is 1. The highest BCUT2D eigenvalue weighted by molar-refractivity contribution is 6.04. The Morgan fingerprint density at radius 3 is 2.41 bits per heavy atom. The zero-order chi connectivity index (χ0) is 20.8. The molecule has 0 saturated carbocycles. The fourth-order valence-electron chi connectivity index (χ4n) is 3.32. The number of carbonyl (C=O) groups excluding carboxylic acids is 2. The van der Waals surface area contributed by atoms with Crippen LogP contribution in [0, 0.1) is 6.92 Å². The van der Waals surface area contributed by atoms with Crippen LogP contribution in [0.25, 0.3) is 0 Å². The topological polar surface area (TPSA) is 78.9 Å². The first-order chi connectivity index (χ1) is 14.0. The van der Waals surface area contributed by atoms with Crippen LogP contribution in [0.15, 0.2) is 36.4 Å². The van der Waals surface area contributed by atoms with Crippen molar-refractivity contribution in [3.05, 3.63) is 47.7 Å². The van der Waals surface area contributed by atoms with Gasteiger partial charge in [0.1, 0.15) is 0 Å². The standard InChI is InChI=1S/C21H27N5O3/c1-4-26(17-8-6-7-16(3)15-17)20(27)18-9-10-19(23-22-18)24-11-13-25(14-12-24)21(28)29-5-2/h6-10,15H,4-5,11-14H2,1-3H3. The Morgan fingerprint density at radius 2 is 1.83 bits per heavy atom. The fraction of sp³-hybridized carbons (Fsp3) is 0.429. The molecule has 1 fully saturated rings. The Bertz CT molecular complexity index is 848. The van der Waals surface area contributed by atoms with Gasteiger partial charge in [-0.25, -0.2) is 4.79 Å². The van der Waals surface area contributed by atoms with Crippen molar-refractivity contribution in [3.63, 3.8) is 0 Å². The molecule has 29 heavy (non-hydrogen) atoms. The third kappa shape index (κ3) is 4.82. The molecule has 0 atom stereocenters. The Labute approximate surface area is 171 Å². The number of carbonyl (C=O) groups is 2. The van der Waals surface area contributed by atoms with Crippen LogP contribution in [-0.2, 0) is 4.74 Å². The predicted octanol–water partition coefficient (Wildman–Crippen LogP) is 2.73. The number of benzene rings is 1. The molecule has 2 amide bonds. The summed E-state index contributed by atoms with van der Waals surface area (Å²) < 4.78 is 5.04. The van der Waals surface area contributed by atoms with Gasteiger partial charge >= 0.3 is 6.09 Å². The van der Waals surface area contributed by atoms with Crippen LogP contribution in [-0.4, -0.2) is 66.4 Å². The first-order valence-corrected chi connectivity index (χ1v) is 9.92. The first-order valence-electron chi connectivity index (χ1n) is 9.92. The van der Waals surface area contributed by atoms with Crippen molar-refractivity contribution >= 4 is 23.5 Å². The van der Waals surface area contributed by atoms with E-state index >= 15 is 0 Å². The fourth-order valence-corrected chi connectivity index (χ4v) is 3.32. The van der Waals surface area contributed by atoms with E-state index in [0.29, 0.717) is 50.8 Å². The third-order valence-electron chi connectivity index (χ3n) is 4.87. The van der Waals surface area contributed by atoms with Gasteiger partial charge in [-0.3, -0.25) is 4.79 Å². The monoisotopic (exact) mass is 397 g/mol. The summed E-state index contributed by atoms with van der Waals surface area (Å²) in [5.74, 6) is 0.521. The van der Waals surface area contributed by atoms with Gasteiger partial charge in [0.25, 0.3) is 5.91 Å². The second kappa shape index (κ2) is 9.36. The molecule has 0 unspecified atom stereocenters. The molecule has 8 heteroatoms. The normalized spacial score (nSPS) is 13.9. The highest BCUT2D eigenvalue weighted by Gasteiger charge is 2.24. The van der Waals surface area contributed by atoms with E-state index in [2.05, 4.69) is 15.1 Å². The summed E-state index contributed by atoms with van der Waals surface area (Å²) in [7, 11) is 0. The van der Waals surface area contributed by atoms with E-state index in [0.717, 1.165) is 11.3 Å². The molecular weight excluding hydrogens is 370 g/mol. The molecule has 0 radical (unpaired) electrons. The van der Waals surface area contributed by atoms with Gasteiger partial charge in [0, 0.05) is 38.4 Å². The van der Waals surface area contributed by atoms with Crippen LogP contribution in [0.2, 0.25) is 0 Å². The van der Waals surface area contributed by atoms with Crippen molar-refractivity contribution < 1.29 is 14.3 Å². The van der Waals surface area contributed by atoms with Gasteiger partial charge in [-0.05, 0) is 50.6 Å². The number of hydrogen-bond acceptors (Lipinski definition) is 6. The molecule has 1 aromatic heterocycles. The number of ether oxygens (including phenoxy) is 1. The summed E-state index contributed by atoms with van der Waals surface area (Å²) in [5, 5.41) is 8.42. The van der Waals surface area contributed by atoms with Gasteiger partial charge in [0.15, 0.2) is 11.5 Å². The lowest BCUT2D eigenvalue weighted by Gasteiger charge is -2.34. The molecule has 1 aromatic carbocycles. The molecule has 1 aliphatic heterocycles. The lowest BCUT2D eigenvalue weighted by molar-refractivity contribution is 0.0981. The largest absolute Gasteiger partial charge is 0.450 e. The summed E-state index contributed by atoms with van der Waals surface area (Å²) in [4.78, 5) is 30.1. The van der Waals surface area contributed by atoms with Gasteiger partial charge in [-0.2, -0.15) is 0 Å². The summed E-state index contributed by atoms with van der Waals surface area (Å²) in [6.07, 6.45) is -0.282. The molecular formula is C21H27N5O3. The van der Waals surface area contributed by atoms with Gasteiger partial charge in [-0.15, -0.1) is 10.2 Å². The molecule has 0 bridgehead atoms. The minimum absolute atomic E-state index is 0.177. The Balaban J connectivity index is 1.65. The summed E-state index contributed by atoms with van der Waals surface area (Å²) >= 11 is 0. The zero-order valence-electron chi connectivity index (χ0n) is 17.2. The number of aryl methyl sites for hydroxylation is 1. The Kier molecular flexibility index (Phi) is 6.64. The highest BCUT2D eigenvalue weighted by Crippen LogP contribution is 2.19. The quantitative estimate of drug-likeness (QED) is 0.772. The van der Waals surface area contributed by atoms with Crippen molar-refractivity contribution in [1.29, 1.82) is 0 Å². The Hall–Kier alpha value is -3.16. The molecule has 0 spiro atoms. The maximum Gasteiger partial charge on any atom is 0.409 e. The maximum atomic E-state index is 12.9. The summed E-state index contributed by atoms with van der Waals surface area (Å²) in [6, 6.07) is 11.3. The molecule has 2 aromatic rings. The molecule has 3 rings (SSSR count). The van der Waals surface area contributed by atoms with Crippen molar-refractivity contribution in [3.8, 4) is 0 Å². The van der Waals surface area contributed by atoms with E-state index < -0.39 is 0 Å². The lowest BCUT2D eigenvalue weighted by atomic mass is 10.2. The molecule has 0 N–H and O–H groups in total. The van der Waals surface area contributed by atoms with Gasteiger partial charge in [0.2, 0.25) is 0 Å². The maximum absolute atomic E-state index is 12.9. The second-order valence-electron chi connectivity index (χ2n) is 6.84. The van der Waals surface area contributed by atoms with Crippen LogP contribution in [0.4, 0.5) is 16.3 Å². The zero-order valence-corrected chi connectivity index (χ0v) is 17.2.